The average Bonchev–Trinajstić information content (AvgIpc) is 3.14. The van der Waals surface area contributed by atoms with Gasteiger partial charge in [0, 0.05) is 42.7 Å². The highest BCUT2D eigenvalue weighted by Gasteiger charge is 2.30. The fraction of sp³-hybridized carbons (Fsp3) is 0.318. The highest BCUT2D eigenvalue weighted by atomic mass is 16.5. The Balaban J connectivity index is 1.39. The lowest BCUT2D eigenvalue weighted by atomic mass is 9.93. The van der Waals surface area contributed by atoms with Gasteiger partial charge in [0.05, 0.1) is 24.8 Å². The lowest BCUT2D eigenvalue weighted by Gasteiger charge is -2.20. The Kier molecular flexibility index (Phi) is 5.48. The number of carbonyl (C=O) groups excluding carboxylic acids is 1. The topological polar surface area (TPSA) is 73.2 Å². The van der Waals surface area contributed by atoms with Gasteiger partial charge in [0.25, 0.3) is 5.56 Å². The first-order chi connectivity index (χ1) is 13.7. The molecule has 0 unspecified atom stereocenters. The summed E-state index contributed by atoms with van der Waals surface area (Å²) < 4.78 is 7.20. The van der Waals surface area contributed by atoms with Crippen molar-refractivity contribution in [2.24, 2.45) is 5.92 Å². The van der Waals surface area contributed by atoms with Crippen LogP contribution >= 0.6 is 0 Å². The summed E-state index contributed by atoms with van der Waals surface area (Å²) in [7, 11) is 0. The number of hydrogen-bond donors (Lipinski definition) is 1. The molecule has 1 N–H and O–H groups in total. The van der Waals surface area contributed by atoms with Crippen molar-refractivity contribution in [3.05, 3.63) is 76.8 Å². The zero-order valence-electron chi connectivity index (χ0n) is 15.6. The van der Waals surface area contributed by atoms with E-state index in [1.54, 1.807) is 22.9 Å². The van der Waals surface area contributed by atoms with Gasteiger partial charge in [-0.05, 0) is 30.2 Å². The van der Waals surface area contributed by atoms with E-state index in [1.807, 2.05) is 30.5 Å². The van der Waals surface area contributed by atoms with Crippen molar-refractivity contribution in [3.63, 3.8) is 0 Å². The van der Waals surface area contributed by atoms with Gasteiger partial charge in [-0.3, -0.25) is 14.6 Å². The summed E-state index contributed by atoms with van der Waals surface area (Å²) >= 11 is 0. The smallest absolute Gasteiger partial charge is 0.250 e. The maximum absolute atomic E-state index is 12.4. The number of nitrogens with zero attached hydrogens (tertiary/aromatic N) is 2. The second-order valence-corrected chi connectivity index (χ2v) is 7.15. The third-order valence-corrected chi connectivity index (χ3v) is 5.24. The van der Waals surface area contributed by atoms with Crippen molar-refractivity contribution >= 4 is 16.8 Å². The molecule has 1 aromatic carbocycles. The molecule has 4 rings (SSSR count). The minimum Gasteiger partial charge on any atom is -0.379 e. The van der Waals surface area contributed by atoms with E-state index in [0.717, 1.165) is 17.3 Å². The Morgan fingerprint density at radius 3 is 2.89 bits per heavy atom. The molecule has 1 amide bonds. The lowest BCUT2D eigenvalue weighted by molar-refractivity contribution is -0.122. The van der Waals surface area contributed by atoms with Crippen LogP contribution in [0.2, 0.25) is 0 Å². The molecular weight excluding hydrogens is 354 g/mol. The molecule has 6 nitrogen and oxygen atoms in total. The molecule has 6 heteroatoms. The molecule has 1 saturated heterocycles. The number of amides is 1. The van der Waals surface area contributed by atoms with E-state index in [-0.39, 0.29) is 29.8 Å². The second-order valence-electron chi connectivity index (χ2n) is 7.15. The molecule has 2 atom stereocenters. The highest BCUT2D eigenvalue weighted by Crippen LogP contribution is 2.24. The largest absolute Gasteiger partial charge is 0.379 e. The number of nitrogens with one attached hydrogen (secondary N) is 1. The van der Waals surface area contributed by atoms with Crippen LogP contribution < -0.4 is 10.9 Å². The normalized spacial score (nSPS) is 19.0. The van der Waals surface area contributed by atoms with Crippen LogP contribution in [0, 0.1) is 5.92 Å². The van der Waals surface area contributed by atoms with Gasteiger partial charge in [0.2, 0.25) is 5.91 Å². The molecule has 1 aliphatic heterocycles. The first kappa shape index (κ1) is 18.4. The monoisotopic (exact) mass is 377 g/mol. The van der Waals surface area contributed by atoms with Crippen molar-refractivity contribution in [1.82, 2.24) is 14.9 Å². The van der Waals surface area contributed by atoms with Gasteiger partial charge < -0.3 is 14.6 Å². The maximum Gasteiger partial charge on any atom is 0.250 e. The molecule has 0 aliphatic carbocycles. The number of aromatic nitrogens is 2. The molecule has 144 valence electrons. The summed E-state index contributed by atoms with van der Waals surface area (Å²) in [6, 6.07) is 15.1. The van der Waals surface area contributed by atoms with Crippen molar-refractivity contribution in [1.29, 1.82) is 0 Å². The zero-order chi connectivity index (χ0) is 19.3. The third-order valence-electron chi connectivity index (χ3n) is 5.24. The minimum atomic E-state index is -0.0954. The number of pyridine rings is 2. The molecule has 3 heterocycles. The number of carbonyl (C=O) groups is 1. The zero-order valence-corrected chi connectivity index (χ0v) is 15.6. The first-order valence-corrected chi connectivity index (χ1v) is 9.56. The predicted molar refractivity (Wildman–Crippen MR) is 107 cm³/mol. The molecule has 0 bridgehead atoms. The van der Waals surface area contributed by atoms with E-state index < -0.39 is 0 Å². The summed E-state index contributed by atoms with van der Waals surface area (Å²) in [5, 5.41) is 4.24. The van der Waals surface area contributed by atoms with E-state index in [0.29, 0.717) is 19.8 Å². The van der Waals surface area contributed by atoms with Crippen molar-refractivity contribution in [2.75, 3.05) is 13.2 Å². The molecule has 2 aromatic heterocycles. The summed E-state index contributed by atoms with van der Waals surface area (Å²) in [5.41, 5.74) is 2.10. The van der Waals surface area contributed by atoms with Gasteiger partial charge in [0.1, 0.15) is 0 Å². The fourth-order valence-corrected chi connectivity index (χ4v) is 3.72. The lowest BCUT2D eigenvalue weighted by Crippen LogP contribution is -2.41. The fourth-order valence-electron chi connectivity index (χ4n) is 3.72. The van der Waals surface area contributed by atoms with Gasteiger partial charge in [-0.25, -0.2) is 0 Å². The Labute approximate surface area is 163 Å². The summed E-state index contributed by atoms with van der Waals surface area (Å²) in [6.45, 7) is 1.52. The Morgan fingerprint density at radius 2 is 2.00 bits per heavy atom. The van der Waals surface area contributed by atoms with Crippen LogP contribution in [-0.4, -0.2) is 34.7 Å². The van der Waals surface area contributed by atoms with Crippen molar-refractivity contribution in [2.45, 2.75) is 25.4 Å². The molecule has 3 aromatic rings. The SMILES string of the molecule is O=C(CCn1ccccc1=O)N[C@H]1COC[C@H]1Cc1ccnc2ccccc12. The molecule has 1 aliphatic rings. The van der Waals surface area contributed by atoms with Gasteiger partial charge in [-0.15, -0.1) is 0 Å². The quantitative estimate of drug-likeness (QED) is 0.714. The van der Waals surface area contributed by atoms with Crippen molar-refractivity contribution < 1.29 is 9.53 Å². The molecule has 0 saturated carbocycles. The molecule has 1 fully saturated rings. The second kappa shape index (κ2) is 8.35. The van der Waals surface area contributed by atoms with E-state index >= 15 is 0 Å². The maximum atomic E-state index is 12.4. The van der Waals surface area contributed by atoms with Crippen LogP contribution in [-0.2, 0) is 22.5 Å². The molecule has 0 radical (unpaired) electrons. The van der Waals surface area contributed by atoms with E-state index in [2.05, 4.69) is 16.4 Å². The average molecular weight is 377 g/mol. The number of ether oxygens (including phenoxy) is 1. The summed E-state index contributed by atoms with van der Waals surface area (Å²) in [5.74, 6) is 0.157. The standard InChI is InChI=1S/C22H23N3O3/c26-21(9-12-25-11-4-3-7-22(25)27)24-20-15-28-14-17(20)13-16-8-10-23-19-6-2-1-5-18(16)19/h1-8,10-11,17,20H,9,12-15H2,(H,24,26)/t17-,20+/m1/s1. The number of benzene rings is 1. The van der Waals surface area contributed by atoms with E-state index in [1.165, 1.54) is 11.6 Å². The summed E-state index contributed by atoms with van der Waals surface area (Å²) in [6.07, 6.45) is 4.63. The van der Waals surface area contributed by atoms with Crippen LogP contribution in [0.3, 0.4) is 0 Å². The number of rotatable bonds is 6. The highest BCUT2D eigenvalue weighted by molar-refractivity contribution is 5.82. The Morgan fingerprint density at radius 1 is 1.14 bits per heavy atom. The predicted octanol–water partition coefficient (Wildman–Crippen LogP) is 2.16. The van der Waals surface area contributed by atoms with Gasteiger partial charge in [0.15, 0.2) is 0 Å². The van der Waals surface area contributed by atoms with Gasteiger partial charge in [-0.1, -0.05) is 24.3 Å². The Bertz CT molecular complexity index is 1030. The number of para-hydroxylation sites is 1. The molecule has 0 spiro atoms. The Hall–Kier alpha value is -2.99. The number of hydrogen-bond acceptors (Lipinski definition) is 4. The van der Waals surface area contributed by atoms with Crippen LogP contribution in [0.25, 0.3) is 10.9 Å². The van der Waals surface area contributed by atoms with E-state index in [4.69, 9.17) is 4.74 Å². The summed E-state index contributed by atoms with van der Waals surface area (Å²) in [4.78, 5) is 28.6. The minimum absolute atomic E-state index is 0.0214. The van der Waals surface area contributed by atoms with Crippen LogP contribution in [0.4, 0.5) is 0 Å². The van der Waals surface area contributed by atoms with Gasteiger partial charge in [-0.2, -0.15) is 0 Å². The van der Waals surface area contributed by atoms with Crippen LogP contribution in [0.1, 0.15) is 12.0 Å². The number of fused-ring (bicyclic) bond motifs is 1. The van der Waals surface area contributed by atoms with E-state index in [9.17, 15) is 9.59 Å². The van der Waals surface area contributed by atoms with Crippen LogP contribution in [0.15, 0.2) is 65.7 Å². The number of aryl methyl sites for hydroxylation is 1. The third kappa shape index (κ3) is 4.12. The van der Waals surface area contributed by atoms with Crippen LogP contribution in [0.5, 0.6) is 0 Å². The molecular formula is C22H23N3O3. The van der Waals surface area contributed by atoms with Crippen molar-refractivity contribution in [3.8, 4) is 0 Å². The molecule has 28 heavy (non-hydrogen) atoms. The first-order valence-electron chi connectivity index (χ1n) is 9.56. The van der Waals surface area contributed by atoms with Gasteiger partial charge >= 0.3 is 0 Å².